The van der Waals surface area contributed by atoms with E-state index in [4.69, 9.17) is 23.2 Å². The van der Waals surface area contributed by atoms with Crippen LogP contribution in [0.4, 0.5) is 0 Å². The molecule has 0 amide bonds. The van der Waals surface area contributed by atoms with Crippen LogP contribution in [0.5, 0.6) is 0 Å². The van der Waals surface area contributed by atoms with E-state index in [9.17, 15) is 5.11 Å². The fourth-order valence-corrected chi connectivity index (χ4v) is 1.88. The highest BCUT2D eigenvalue weighted by molar-refractivity contribution is 6.42. The van der Waals surface area contributed by atoms with E-state index in [1.54, 1.807) is 6.07 Å². The molecule has 90 valence electrons. The molecule has 0 aliphatic heterocycles. The third-order valence-electron chi connectivity index (χ3n) is 2.72. The standard InChI is InChI=1S/C13H18Cl2O/c1-13(2,3)11(16)8-7-9-5-4-6-10(14)12(9)15/h4-6,11,16H,7-8H2,1-3H3. The molecule has 0 radical (unpaired) electrons. The van der Waals surface area contributed by atoms with Crippen LogP contribution in [0.3, 0.4) is 0 Å². The maximum absolute atomic E-state index is 9.93. The predicted octanol–water partition coefficient (Wildman–Crippen LogP) is 4.33. The number of aryl methyl sites for hydroxylation is 1. The first-order valence-electron chi connectivity index (χ1n) is 5.43. The van der Waals surface area contributed by atoms with E-state index in [-0.39, 0.29) is 11.5 Å². The summed E-state index contributed by atoms with van der Waals surface area (Å²) in [6, 6.07) is 5.60. The van der Waals surface area contributed by atoms with Crippen molar-refractivity contribution in [3.05, 3.63) is 33.8 Å². The molecule has 1 nitrogen and oxygen atoms in total. The van der Waals surface area contributed by atoms with Crippen LogP contribution in [0, 0.1) is 5.41 Å². The molecule has 0 aromatic heterocycles. The summed E-state index contributed by atoms with van der Waals surface area (Å²) >= 11 is 12.0. The molecule has 0 heterocycles. The fraction of sp³-hybridized carbons (Fsp3) is 0.538. The summed E-state index contributed by atoms with van der Waals surface area (Å²) in [6.45, 7) is 6.08. The molecule has 0 aliphatic carbocycles. The minimum absolute atomic E-state index is 0.0922. The number of aliphatic hydroxyl groups excluding tert-OH is 1. The number of hydrogen-bond donors (Lipinski definition) is 1. The first-order valence-corrected chi connectivity index (χ1v) is 6.19. The molecule has 16 heavy (non-hydrogen) atoms. The van der Waals surface area contributed by atoms with Crippen molar-refractivity contribution in [3.8, 4) is 0 Å². The molecule has 0 fully saturated rings. The van der Waals surface area contributed by atoms with Gasteiger partial charge in [0.15, 0.2) is 0 Å². The third kappa shape index (κ3) is 3.65. The maximum atomic E-state index is 9.93. The molecule has 1 unspecified atom stereocenters. The fourth-order valence-electron chi connectivity index (χ4n) is 1.47. The van der Waals surface area contributed by atoms with Crippen LogP contribution in [0.25, 0.3) is 0 Å². The summed E-state index contributed by atoms with van der Waals surface area (Å²) in [5.74, 6) is 0. The van der Waals surface area contributed by atoms with Crippen molar-refractivity contribution in [1.29, 1.82) is 0 Å². The van der Waals surface area contributed by atoms with Crippen LogP contribution in [-0.2, 0) is 6.42 Å². The topological polar surface area (TPSA) is 20.2 Å². The number of aliphatic hydroxyl groups is 1. The molecule has 1 atom stereocenters. The van der Waals surface area contributed by atoms with Crippen LogP contribution >= 0.6 is 23.2 Å². The highest BCUT2D eigenvalue weighted by Gasteiger charge is 2.21. The third-order valence-corrected chi connectivity index (χ3v) is 3.58. The molecule has 1 aromatic carbocycles. The normalized spacial score (nSPS) is 13.9. The van der Waals surface area contributed by atoms with Crippen molar-refractivity contribution in [2.75, 3.05) is 0 Å². The molecule has 3 heteroatoms. The van der Waals surface area contributed by atoms with Gasteiger partial charge in [-0.15, -0.1) is 0 Å². The Balaban J connectivity index is 2.65. The van der Waals surface area contributed by atoms with Gasteiger partial charge in [0.25, 0.3) is 0 Å². The lowest BCUT2D eigenvalue weighted by Gasteiger charge is -2.25. The zero-order chi connectivity index (χ0) is 12.3. The molecule has 0 bridgehead atoms. The van der Waals surface area contributed by atoms with E-state index >= 15 is 0 Å². The number of rotatable bonds is 3. The Morgan fingerprint density at radius 2 is 1.88 bits per heavy atom. The van der Waals surface area contributed by atoms with Gasteiger partial charge in [0, 0.05) is 0 Å². The number of halogens is 2. The summed E-state index contributed by atoms with van der Waals surface area (Å²) in [7, 11) is 0. The molecule has 1 rings (SSSR count). The molecular formula is C13H18Cl2O. The lowest BCUT2D eigenvalue weighted by atomic mass is 9.86. The second kappa shape index (κ2) is 5.39. The molecule has 0 spiro atoms. The van der Waals surface area contributed by atoms with Gasteiger partial charge in [-0.05, 0) is 29.9 Å². The van der Waals surface area contributed by atoms with E-state index in [0.717, 1.165) is 12.0 Å². The van der Waals surface area contributed by atoms with Gasteiger partial charge in [0.1, 0.15) is 0 Å². The van der Waals surface area contributed by atoms with Crippen molar-refractivity contribution >= 4 is 23.2 Å². The Kier molecular flexibility index (Phi) is 4.66. The van der Waals surface area contributed by atoms with Gasteiger partial charge in [-0.3, -0.25) is 0 Å². The van der Waals surface area contributed by atoms with Crippen LogP contribution in [0.2, 0.25) is 10.0 Å². The Morgan fingerprint density at radius 3 is 2.44 bits per heavy atom. The van der Waals surface area contributed by atoms with Crippen LogP contribution in [0.1, 0.15) is 32.8 Å². The maximum Gasteiger partial charge on any atom is 0.0624 e. The Bertz CT molecular complexity index is 355. The molecule has 0 saturated carbocycles. The molecule has 1 N–H and O–H groups in total. The lowest BCUT2D eigenvalue weighted by Crippen LogP contribution is -2.26. The SMILES string of the molecule is CC(C)(C)C(O)CCc1cccc(Cl)c1Cl. The van der Waals surface area contributed by atoms with Crippen molar-refractivity contribution in [1.82, 2.24) is 0 Å². The first kappa shape index (κ1) is 13.8. The minimum Gasteiger partial charge on any atom is -0.393 e. The first-order chi connectivity index (χ1) is 7.32. The number of hydrogen-bond acceptors (Lipinski definition) is 1. The van der Waals surface area contributed by atoms with E-state index in [0.29, 0.717) is 16.5 Å². The second-order valence-corrected chi connectivity index (χ2v) is 5.92. The molecular weight excluding hydrogens is 243 g/mol. The van der Waals surface area contributed by atoms with Gasteiger partial charge >= 0.3 is 0 Å². The van der Waals surface area contributed by atoms with Gasteiger partial charge in [-0.1, -0.05) is 56.1 Å². The van der Waals surface area contributed by atoms with Crippen LogP contribution < -0.4 is 0 Å². The molecule has 1 aromatic rings. The van der Waals surface area contributed by atoms with Gasteiger partial charge < -0.3 is 5.11 Å². The summed E-state index contributed by atoms with van der Waals surface area (Å²) in [6.07, 6.45) is 1.11. The van der Waals surface area contributed by atoms with E-state index in [1.807, 2.05) is 32.9 Å². The van der Waals surface area contributed by atoms with E-state index in [2.05, 4.69) is 0 Å². The Labute approximate surface area is 107 Å². The largest absolute Gasteiger partial charge is 0.393 e. The molecule has 0 aliphatic rings. The second-order valence-electron chi connectivity index (χ2n) is 5.13. The Morgan fingerprint density at radius 1 is 1.25 bits per heavy atom. The van der Waals surface area contributed by atoms with E-state index < -0.39 is 0 Å². The predicted molar refractivity (Wildman–Crippen MR) is 70.2 cm³/mol. The summed E-state index contributed by atoms with van der Waals surface area (Å²) in [5.41, 5.74) is 0.905. The summed E-state index contributed by atoms with van der Waals surface area (Å²) in [5, 5.41) is 11.1. The highest BCUT2D eigenvalue weighted by Crippen LogP contribution is 2.28. The quantitative estimate of drug-likeness (QED) is 0.858. The van der Waals surface area contributed by atoms with Crippen molar-refractivity contribution in [3.63, 3.8) is 0 Å². The van der Waals surface area contributed by atoms with Crippen LogP contribution in [0.15, 0.2) is 18.2 Å². The van der Waals surface area contributed by atoms with Crippen LogP contribution in [-0.4, -0.2) is 11.2 Å². The average Bonchev–Trinajstić information content (AvgIpc) is 2.18. The van der Waals surface area contributed by atoms with Gasteiger partial charge in [-0.25, -0.2) is 0 Å². The van der Waals surface area contributed by atoms with Crippen molar-refractivity contribution in [2.24, 2.45) is 5.41 Å². The van der Waals surface area contributed by atoms with Gasteiger partial charge in [-0.2, -0.15) is 0 Å². The summed E-state index contributed by atoms with van der Waals surface area (Å²) < 4.78 is 0. The zero-order valence-electron chi connectivity index (χ0n) is 9.93. The zero-order valence-corrected chi connectivity index (χ0v) is 11.4. The Hall–Kier alpha value is -0.240. The van der Waals surface area contributed by atoms with Gasteiger partial charge in [0.2, 0.25) is 0 Å². The van der Waals surface area contributed by atoms with Crippen molar-refractivity contribution < 1.29 is 5.11 Å². The highest BCUT2D eigenvalue weighted by atomic mass is 35.5. The minimum atomic E-state index is -0.331. The lowest BCUT2D eigenvalue weighted by molar-refractivity contribution is 0.0560. The smallest absolute Gasteiger partial charge is 0.0624 e. The monoisotopic (exact) mass is 260 g/mol. The average molecular weight is 261 g/mol. The van der Waals surface area contributed by atoms with Crippen molar-refractivity contribution in [2.45, 2.75) is 39.7 Å². The van der Waals surface area contributed by atoms with Gasteiger partial charge in [0.05, 0.1) is 16.1 Å². The van der Waals surface area contributed by atoms with E-state index in [1.165, 1.54) is 0 Å². The molecule has 0 saturated heterocycles. The number of benzene rings is 1. The summed E-state index contributed by atoms with van der Waals surface area (Å²) in [4.78, 5) is 0.